The third kappa shape index (κ3) is 3.44. The summed E-state index contributed by atoms with van der Waals surface area (Å²) >= 11 is 0. The van der Waals surface area contributed by atoms with E-state index in [0.29, 0.717) is 11.3 Å². The van der Waals surface area contributed by atoms with E-state index in [9.17, 15) is 14.9 Å². The first-order valence-corrected chi connectivity index (χ1v) is 5.11. The molecule has 0 spiro atoms. The Morgan fingerprint density at radius 2 is 2.12 bits per heavy atom. The van der Waals surface area contributed by atoms with Crippen LogP contribution in [0.5, 0.6) is 0 Å². The molecule has 1 rings (SSSR count). The van der Waals surface area contributed by atoms with E-state index < -0.39 is 4.92 Å². The molecule has 0 saturated carbocycles. The normalized spacial score (nSPS) is 9.82. The van der Waals surface area contributed by atoms with Crippen LogP contribution in [0.4, 0.5) is 11.4 Å². The van der Waals surface area contributed by atoms with Gasteiger partial charge >= 0.3 is 0 Å². The standard InChI is InChI=1S/C11H15N3O3/c1-8-6-9(4-5-10(8)14(16)17)12-7-11(15)13(2)3/h4-6,12H,7H2,1-3H3. The Hall–Kier alpha value is -2.11. The summed E-state index contributed by atoms with van der Waals surface area (Å²) in [7, 11) is 3.34. The van der Waals surface area contributed by atoms with Crippen molar-refractivity contribution >= 4 is 17.3 Å². The molecule has 6 nitrogen and oxygen atoms in total. The van der Waals surface area contributed by atoms with Crippen LogP contribution in [0.2, 0.25) is 0 Å². The van der Waals surface area contributed by atoms with Crippen molar-refractivity contribution in [2.24, 2.45) is 0 Å². The maximum absolute atomic E-state index is 11.3. The van der Waals surface area contributed by atoms with Crippen LogP contribution in [-0.2, 0) is 4.79 Å². The Kier molecular flexibility index (Phi) is 4.03. The highest BCUT2D eigenvalue weighted by Gasteiger charge is 2.10. The van der Waals surface area contributed by atoms with Crippen LogP contribution in [0.15, 0.2) is 18.2 Å². The number of likely N-dealkylation sites (N-methyl/N-ethyl adjacent to an activating group) is 1. The number of nitro benzene ring substituents is 1. The third-order valence-electron chi connectivity index (χ3n) is 2.34. The van der Waals surface area contributed by atoms with Crippen molar-refractivity contribution in [3.63, 3.8) is 0 Å². The van der Waals surface area contributed by atoms with Crippen LogP contribution in [0.25, 0.3) is 0 Å². The van der Waals surface area contributed by atoms with Crippen molar-refractivity contribution < 1.29 is 9.72 Å². The van der Waals surface area contributed by atoms with Crippen LogP contribution in [0, 0.1) is 17.0 Å². The predicted octanol–water partition coefficient (Wildman–Crippen LogP) is 1.40. The quantitative estimate of drug-likeness (QED) is 0.634. The number of carbonyl (C=O) groups excluding carboxylic acids is 1. The number of benzene rings is 1. The van der Waals surface area contributed by atoms with Gasteiger partial charge in [0.05, 0.1) is 11.5 Å². The van der Waals surface area contributed by atoms with Gasteiger partial charge in [-0.2, -0.15) is 0 Å². The van der Waals surface area contributed by atoms with Crippen LogP contribution >= 0.6 is 0 Å². The van der Waals surface area contributed by atoms with Gasteiger partial charge in [0.1, 0.15) is 0 Å². The average molecular weight is 237 g/mol. The summed E-state index contributed by atoms with van der Waals surface area (Å²) in [6.45, 7) is 1.83. The van der Waals surface area contributed by atoms with Gasteiger partial charge < -0.3 is 10.2 Å². The molecular formula is C11H15N3O3. The Morgan fingerprint density at radius 3 is 2.59 bits per heavy atom. The number of rotatable bonds is 4. The van der Waals surface area contributed by atoms with E-state index in [1.54, 1.807) is 33.2 Å². The van der Waals surface area contributed by atoms with E-state index in [2.05, 4.69) is 5.32 Å². The summed E-state index contributed by atoms with van der Waals surface area (Å²) in [5, 5.41) is 13.5. The van der Waals surface area contributed by atoms with E-state index in [0.717, 1.165) is 0 Å². The van der Waals surface area contributed by atoms with E-state index in [1.165, 1.54) is 11.0 Å². The molecular weight excluding hydrogens is 222 g/mol. The molecule has 0 heterocycles. The van der Waals surface area contributed by atoms with Crippen LogP contribution in [-0.4, -0.2) is 36.4 Å². The average Bonchev–Trinajstić information content (AvgIpc) is 2.25. The number of anilines is 1. The first-order chi connectivity index (χ1) is 7.91. The molecule has 0 radical (unpaired) electrons. The molecule has 0 fully saturated rings. The highest BCUT2D eigenvalue weighted by Crippen LogP contribution is 2.21. The zero-order valence-corrected chi connectivity index (χ0v) is 10.1. The lowest BCUT2D eigenvalue weighted by molar-refractivity contribution is -0.385. The number of nitrogens with zero attached hydrogens (tertiary/aromatic N) is 2. The first kappa shape index (κ1) is 13.0. The Morgan fingerprint density at radius 1 is 1.47 bits per heavy atom. The SMILES string of the molecule is Cc1cc(NCC(=O)N(C)C)ccc1[N+](=O)[O-]. The fraction of sp³-hybridized carbons (Fsp3) is 0.364. The molecule has 17 heavy (non-hydrogen) atoms. The lowest BCUT2D eigenvalue weighted by atomic mass is 10.2. The predicted molar refractivity (Wildman–Crippen MR) is 65.0 cm³/mol. The molecule has 92 valence electrons. The van der Waals surface area contributed by atoms with Gasteiger partial charge in [0, 0.05) is 31.4 Å². The molecule has 1 aromatic carbocycles. The van der Waals surface area contributed by atoms with Crippen molar-refractivity contribution in [2.45, 2.75) is 6.92 Å². The van der Waals surface area contributed by atoms with Gasteiger partial charge in [-0.3, -0.25) is 14.9 Å². The molecule has 1 aromatic rings. The van der Waals surface area contributed by atoms with Crippen LogP contribution in [0.3, 0.4) is 0 Å². The Labute approximate surface area is 99.4 Å². The van der Waals surface area contributed by atoms with Crippen molar-refractivity contribution in [3.05, 3.63) is 33.9 Å². The minimum atomic E-state index is -0.427. The number of hydrogen-bond donors (Lipinski definition) is 1. The number of hydrogen-bond acceptors (Lipinski definition) is 4. The van der Waals surface area contributed by atoms with Gasteiger partial charge in [0.25, 0.3) is 5.69 Å². The van der Waals surface area contributed by atoms with E-state index >= 15 is 0 Å². The molecule has 0 aromatic heterocycles. The van der Waals surface area contributed by atoms with E-state index in [4.69, 9.17) is 0 Å². The lowest BCUT2D eigenvalue weighted by Crippen LogP contribution is -2.28. The molecule has 0 unspecified atom stereocenters. The lowest BCUT2D eigenvalue weighted by Gasteiger charge is -2.12. The largest absolute Gasteiger partial charge is 0.376 e. The zero-order chi connectivity index (χ0) is 13.0. The fourth-order valence-corrected chi connectivity index (χ4v) is 1.31. The second-order valence-electron chi connectivity index (χ2n) is 3.90. The molecule has 0 saturated heterocycles. The van der Waals surface area contributed by atoms with Gasteiger partial charge in [-0.05, 0) is 19.1 Å². The van der Waals surface area contributed by atoms with Gasteiger partial charge in [-0.1, -0.05) is 0 Å². The van der Waals surface area contributed by atoms with Crippen LogP contribution < -0.4 is 5.32 Å². The summed E-state index contributed by atoms with van der Waals surface area (Å²) in [5.41, 5.74) is 1.34. The number of nitro groups is 1. The maximum atomic E-state index is 11.3. The summed E-state index contributed by atoms with van der Waals surface area (Å²) in [6, 6.07) is 4.67. The smallest absolute Gasteiger partial charge is 0.272 e. The first-order valence-electron chi connectivity index (χ1n) is 5.11. The van der Waals surface area contributed by atoms with E-state index in [-0.39, 0.29) is 18.1 Å². The summed E-state index contributed by atoms with van der Waals surface area (Å²) in [4.78, 5) is 23.0. The topological polar surface area (TPSA) is 75.5 Å². The Bertz CT molecular complexity index is 444. The van der Waals surface area contributed by atoms with Gasteiger partial charge in [0.2, 0.25) is 5.91 Å². The zero-order valence-electron chi connectivity index (χ0n) is 10.1. The Balaban J connectivity index is 2.71. The van der Waals surface area contributed by atoms with Crippen molar-refractivity contribution in [2.75, 3.05) is 26.0 Å². The summed E-state index contributed by atoms with van der Waals surface area (Å²) < 4.78 is 0. The molecule has 0 bridgehead atoms. The number of carbonyl (C=O) groups is 1. The summed E-state index contributed by atoms with van der Waals surface area (Å²) in [6.07, 6.45) is 0. The van der Waals surface area contributed by atoms with Crippen molar-refractivity contribution in [1.82, 2.24) is 4.90 Å². The molecule has 1 N–H and O–H groups in total. The second-order valence-corrected chi connectivity index (χ2v) is 3.90. The summed E-state index contributed by atoms with van der Waals surface area (Å²) in [5.74, 6) is -0.0546. The maximum Gasteiger partial charge on any atom is 0.272 e. The molecule has 0 aliphatic rings. The number of aryl methyl sites for hydroxylation is 1. The molecule has 0 aliphatic carbocycles. The second kappa shape index (κ2) is 5.29. The molecule has 0 aliphatic heterocycles. The van der Waals surface area contributed by atoms with Crippen LogP contribution in [0.1, 0.15) is 5.56 Å². The minimum Gasteiger partial charge on any atom is -0.376 e. The highest BCUT2D eigenvalue weighted by molar-refractivity contribution is 5.80. The van der Waals surface area contributed by atoms with Crippen molar-refractivity contribution in [3.8, 4) is 0 Å². The molecule has 1 amide bonds. The van der Waals surface area contributed by atoms with E-state index in [1.807, 2.05) is 0 Å². The van der Waals surface area contributed by atoms with Gasteiger partial charge in [-0.25, -0.2) is 0 Å². The van der Waals surface area contributed by atoms with Crippen molar-refractivity contribution in [1.29, 1.82) is 0 Å². The number of amides is 1. The van der Waals surface area contributed by atoms with Gasteiger partial charge in [0.15, 0.2) is 0 Å². The minimum absolute atomic E-state index is 0.0546. The highest BCUT2D eigenvalue weighted by atomic mass is 16.6. The molecule has 0 atom stereocenters. The third-order valence-corrected chi connectivity index (χ3v) is 2.34. The molecule has 6 heteroatoms. The monoisotopic (exact) mass is 237 g/mol. The fourth-order valence-electron chi connectivity index (χ4n) is 1.31. The number of nitrogens with one attached hydrogen (secondary N) is 1. The van der Waals surface area contributed by atoms with Gasteiger partial charge in [-0.15, -0.1) is 0 Å².